The van der Waals surface area contributed by atoms with Crippen molar-refractivity contribution in [2.24, 2.45) is 5.10 Å². The number of hydrogen-bond acceptors (Lipinski definition) is 5. The van der Waals surface area contributed by atoms with E-state index in [1.165, 1.54) is 18.7 Å². The predicted molar refractivity (Wildman–Crippen MR) is 109 cm³/mol. The summed E-state index contributed by atoms with van der Waals surface area (Å²) < 4.78 is 17.8. The molecule has 0 saturated heterocycles. The zero-order chi connectivity index (χ0) is 19.5. The number of hydrazone groups is 1. The monoisotopic (exact) mass is 434 g/mol. The molecule has 1 amide bonds. The van der Waals surface area contributed by atoms with E-state index < -0.39 is 0 Å². The van der Waals surface area contributed by atoms with Gasteiger partial charge in [0.1, 0.15) is 24.7 Å². The fraction of sp³-hybridized carbons (Fsp3) is 0.300. The zero-order valence-corrected chi connectivity index (χ0v) is 17.0. The second kappa shape index (κ2) is 11.4. The van der Waals surface area contributed by atoms with Crippen LogP contribution in [-0.2, 0) is 9.53 Å². The summed E-state index contributed by atoms with van der Waals surface area (Å²) in [4.78, 5) is 10.9. The Labute approximate surface area is 167 Å². The Morgan fingerprint density at radius 1 is 1.07 bits per heavy atom. The molecule has 0 bridgehead atoms. The second-order valence-corrected chi connectivity index (χ2v) is 6.65. The molecule has 2 rings (SSSR count). The van der Waals surface area contributed by atoms with Crippen LogP contribution in [0.4, 0.5) is 0 Å². The Balaban J connectivity index is 1.69. The zero-order valence-electron chi connectivity index (χ0n) is 15.4. The van der Waals surface area contributed by atoms with Crippen molar-refractivity contribution in [2.45, 2.75) is 13.8 Å². The number of carbonyl (C=O) groups excluding carboxylic acids is 1. The Hall–Kier alpha value is -2.38. The van der Waals surface area contributed by atoms with E-state index in [9.17, 15) is 4.79 Å². The van der Waals surface area contributed by atoms with Gasteiger partial charge in [-0.2, -0.15) is 5.10 Å². The number of amides is 1. The van der Waals surface area contributed by atoms with Gasteiger partial charge in [0.15, 0.2) is 0 Å². The van der Waals surface area contributed by atoms with Crippen molar-refractivity contribution in [3.8, 4) is 11.5 Å². The first-order chi connectivity index (χ1) is 13.0. The summed E-state index contributed by atoms with van der Waals surface area (Å²) in [6.07, 6.45) is 1.54. The second-order valence-electron chi connectivity index (χ2n) is 5.73. The molecule has 144 valence electrons. The molecule has 0 fully saturated rings. The summed E-state index contributed by atoms with van der Waals surface area (Å²) in [5.41, 5.74) is 4.32. The molecule has 0 radical (unpaired) electrons. The molecule has 0 aliphatic rings. The smallest absolute Gasteiger partial charge is 0.236 e. The maximum atomic E-state index is 10.9. The van der Waals surface area contributed by atoms with Crippen LogP contribution in [-0.4, -0.2) is 38.5 Å². The molecule has 0 atom stereocenters. The molecule has 0 aliphatic carbocycles. The third-order valence-electron chi connectivity index (χ3n) is 3.40. The van der Waals surface area contributed by atoms with Crippen LogP contribution in [0, 0.1) is 6.92 Å². The predicted octanol–water partition coefficient (Wildman–Crippen LogP) is 3.70. The minimum Gasteiger partial charge on any atom is -0.491 e. The van der Waals surface area contributed by atoms with Gasteiger partial charge in [-0.3, -0.25) is 4.79 Å². The number of halogens is 1. The Morgan fingerprint density at radius 2 is 1.78 bits per heavy atom. The topological polar surface area (TPSA) is 69.2 Å². The molecule has 0 aliphatic heterocycles. The quantitative estimate of drug-likeness (QED) is 0.351. The van der Waals surface area contributed by atoms with Gasteiger partial charge in [0, 0.05) is 17.0 Å². The SMILES string of the molecule is CC(=O)N/N=C\c1cc(Br)ccc1OCCOCCOc1ccc(C)cc1. The maximum absolute atomic E-state index is 10.9. The molecule has 2 aromatic rings. The van der Waals surface area contributed by atoms with Gasteiger partial charge in [-0.05, 0) is 37.3 Å². The van der Waals surface area contributed by atoms with Gasteiger partial charge in [-0.25, -0.2) is 5.43 Å². The maximum Gasteiger partial charge on any atom is 0.236 e. The lowest BCUT2D eigenvalue weighted by molar-refractivity contribution is -0.118. The molecule has 2 aromatic carbocycles. The molecule has 1 N–H and O–H groups in total. The van der Waals surface area contributed by atoms with Crippen LogP contribution >= 0.6 is 15.9 Å². The summed E-state index contributed by atoms with van der Waals surface area (Å²) in [6.45, 7) is 5.23. The first-order valence-corrected chi connectivity index (χ1v) is 9.33. The largest absolute Gasteiger partial charge is 0.491 e. The fourth-order valence-electron chi connectivity index (χ4n) is 2.11. The molecule has 0 spiro atoms. The average Bonchev–Trinajstić information content (AvgIpc) is 2.63. The van der Waals surface area contributed by atoms with Crippen LogP contribution < -0.4 is 14.9 Å². The van der Waals surface area contributed by atoms with Crippen molar-refractivity contribution >= 4 is 28.1 Å². The van der Waals surface area contributed by atoms with Gasteiger partial charge >= 0.3 is 0 Å². The molecular formula is C20H23BrN2O4. The van der Waals surface area contributed by atoms with E-state index in [0.717, 1.165) is 15.8 Å². The first kappa shape index (κ1) is 20.9. The molecule has 27 heavy (non-hydrogen) atoms. The van der Waals surface area contributed by atoms with Gasteiger partial charge in [-0.15, -0.1) is 0 Å². The lowest BCUT2D eigenvalue weighted by atomic mass is 10.2. The van der Waals surface area contributed by atoms with Crippen molar-refractivity contribution in [3.63, 3.8) is 0 Å². The van der Waals surface area contributed by atoms with Crippen molar-refractivity contribution < 1.29 is 19.0 Å². The lowest BCUT2D eigenvalue weighted by Gasteiger charge is -2.10. The Kier molecular flexibility index (Phi) is 8.80. The van der Waals surface area contributed by atoms with Gasteiger partial charge in [-0.1, -0.05) is 33.6 Å². The van der Waals surface area contributed by atoms with E-state index >= 15 is 0 Å². The summed E-state index contributed by atoms with van der Waals surface area (Å²) in [6, 6.07) is 13.5. The Morgan fingerprint density at radius 3 is 2.48 bits per heavy atom. The number of aryl methyl sites for hydroxylation is 1. The highest BCUT2D eigenvalue weighted by atomic mass is 79.9. The summed E-state index contributed by atoms with van der Waals surface area (Å²) in [5.74, 6) is 1.26. The number of carbonyl (C=O) groups is 1. The molecule has 0 unspecified atom stereocenters. The number of hydrogen-bond donors (Lipinski definition) is 1. The van der Waals surface area contributed by atoms with Gasteiger partial charge in [0.25, 0.3) is 0 Å². The van der Waals surface area contributed by atoms with Gasteiger partial charge in [0.2, 0.25) is 5.91 Å². The van der Waals surface area contributed by atoms with Crippen LogP contribution in [0.5, 0.6) is 11.5 Å². The molecule has 7 heteroatoms. The van der Waals surface area contributed by atoms with Crippen LogP contribution in [0.1, 0.15) is 18.1 Å². The van der Waals surface area contributed by atoms with Crippen LogP contribution in [0.25, 0.3) is 0 Å². The standard InChI is InChI=1S/C20H23BrN2O4/c1-15-3-6-19(7-4-15)26-11-9-25-10-12-27-20-8-5-18(21)13-17(20)14-22-23-16(2)24/h3-8,13-14H,9-12H2,1-2H3,(H,23,24)/b22-14-. The Bertz CT molecular complexity index is 763. The van der Waals surface area contributed by atoms with Crippen molar-refractivity contribution in [1.29, 1.82) is 0 Å². The van der Waals surface area contributed by atoms with Crippen molar-refractivity contribution in [2.75, 3.05) is 26.4 Å². The van der Waals surface area contributed by atoms with Gasteiger partial charge in [0.05, 0.1) is 19.4 Å². The minimum atomic E-state index is -0.232. The van der Waals surface area contributed by atoms with E-state index in [2.05, 4.69) is 26.5 Å². The van der Waals surface area contributed by atoms with Crippen LogP contribution in [0.2, 0.25) is 0 Å². The highest BCUT2D eigenvalue weighted by Gasteiger charge is 2.03. The van der Waals surface area contributed by atoms with E-state index in [4.69, 9.17) is 14.2 Å². The van der Waals surface area contributed by atoms with E-state index in [1.54, 1.807) is 0 Å². The number of nitrogens with zero attached hydrogens (tertiary/aromatic N) is 1. The van der Waals surface area contributed by atoms with E-state index in [1.807, 2.05) is 49.4 Å². The van der Waals surface area contributed by atoms with Crippen molar-refractivity contribution in [1.82, 2.24) is 5.43 Å². The molecule has 0 heterocycles. The highest BCUT2D eigenvalue weighted by molar-refractivity contribution is 9.10. The van der Waals surface area contributed by atoms with Gasteiger partial charge < -0.3 is 14.2 Å². The molecule has 0 saturated carbocycles. The molecular weight excluding hydrogens is 412 g/mol. The van der Waals surface area contributed by atoms with Crippen molar-refractivity contribution in [3.05, 3.63) is 58.1 Å². The fourth-order valence-corrected chi connectivity index (χ4v) is 2.49. The summed E-state index contributed by atoms with van der Waals surface area (Å²) in [7, 11) is 0. The third kappa shape index (κ3) is 8.23. The lowest BCUT2D eigenvalue weighted by Crippen LogP contribution is -2.13. The van der Waals surface area contributed by atoms with Crippen LogP contribution in [0.3, 0.4) is 0 Å². The van der Waals surface area contributed by atoms with E-state index in [0.29, 0.717) is 32.2 Å². The number of benzene rings is 2. The first-order valence-electron chi connectivity index (χ1n) is 8.54. The normalized spacial score (nSPS) is 10.8. The van der Waals surface area contributed by atoms with E-state index in [-0.39, 0.29) is 5.91 Å². The number of ether oxygens (including phenoxy) is 3. The third-order valence-corrected chi connectivity index (χ3v) is 3.89. The molecule has 0 aromatic heterocycles. The summed E-state index contributed by atoms with van der Waals surface area (Å²) >= 11 is 3.41. The number of nitrogens with one attached hydrogen (secondary N) is 1. The number of rotatable bonds is 10. The van der Waals surface area contributed by atoms with Crippen LogP contribution in [0.15, 0.2) is 52.0 Å². The minimum absolute atomic E-state index is 0.232. The highest BCUT2D eigenvalue weighted by Crippen LogP contribution is 2.21. The average molecular weight is 435 g/mol. The molecule has 6 nitrogen and oxygen atoms in total. The summed E-state index contributed by atoms with van der Waals surface area (Å²) in [5, 5.41) is 3.87.